The summed E-state index contributed by atoms with van der Waals surface area (Å²) in [5, 5.41) is 4.28. The molecule has 1 atom stereocenters. The fourth-order valence-electron chi connectivity index (χ4n) is 3.12. The van der Waals surface area contributed by atoms with E-state index in [9.17, 15) is 0 Å². The summed E-state index contributed by atoms with van der Waals surface area (Å²) in [6.07, 6.45) is 5.11. The molecule has 1 N–H and O–H groups in total. The first-order chi connectivity index (χ1) is 10.3. The van der Waals surface area contributed by atoms with Crippen LogP contribution < -0.4 is 10.2 Å². The van der Waals surface area contributed by atoms with Crippen molar-refractivity contribution in [2.45, 2.75) is 45.2 Å². The highest BCUT2D eigenvalue weighted by Crippen LogP contribution is 2.32. The summed E-state index contributed by atoms with van der Waals surface area (Å²) in [5.41, 5.74) is 2.52. The summed E-state index contributed by atoms with van der Waals surface area (Å²) in [7, 11) is 1.72. The maximum Gasteiger partial charge on any atom is 0.0587 e. The minimum absolute atomic E-state index is 0.648. The molecule has 0 radical (unpaired) electrons. The summed E-state index contributed by atoms with van der Waals surface area (Å²) >= 11 is 6.45. The third kappa shape index (κ3) is 4.35. The van der Waals surface area contributed by atoms with Gasteiger partial charge in [-0.1, -0.05) is 24.6 Å². The zero-order chi connectivity index (χ0) is 15.1. The molecule has 1 saturated heterocycles. The van der Waals surface area contributed by atoms with E-state index in [1.54, 1.807) is 7.11 Å². The molecule has 1 fully saturated rings. The number of rotatable bonds is 7. The lowest BCUT2D eigenvalue weighted by molar-refractivity contribution is 0.199. The molecule has 1 aromatic rings. The largest absolute Gasteiger partial charge is 0.383 e. The number of benzene rings is 1. The van der Waals surface area contributed by atoms with Gasteiger partial charge >= 0.3 is 0 Å². The highest BCUT2D eigenvalue weighted by Gasteiger charge is 2.23. The molecular formula is C17H27ClN2O. The van der Waals surface area contributed by atoms with E-state index in [4.69, 9.17) is 16.3 Å². The molecule has 1 heterocycles. The molecule has 2 rings (SSSR count). The van der Waals surface area contributed by atoms with Gasteiger partial charge in [0.2, 0.25) is 0 Å². The molecule has 0 amide bonds. The molecule has 0 aromatic heterocycles. The Bertz CT molecular complexity index is 439. The highest BCUT2D eigenvalue weighted by atomic mass is 35.5. The first kappa shape index (κ1) is 16.6. The van der Waals surface area contributed by atoms with Gasteiger partial charge in [0, 0.05) is 49.1 Å². The third-order valence-corrected chi connectivity index (χ3v) is 4.64. The molecule has 0 spiro atoms. The van der Waals surface area contributed by atoms with E-state index in [2.05, 4.69) is 29.3 Å². The van der Waals surface area contributed by atoms with Crippen LogP contribution in [0, 0.1) is 0 Å². The van der Waals surface area contributed by atoms with Gasteiger partial charge in [-0.15, -0.1) is 0 Å². The number of methoxy groups -OCH3 is 1. The number of ether oxygens (including phenoxy) is 1. The summed E-state index contributed by atoms with van der Waals surface area (Å²) in [6.45, 7) is 5.79. The molecule has 21 heavy (non-hydrogen) atoms. The predicted molar refractivity (Wildman–Crippen MR) is 90.3 cm³/mol. The Hall–Kier alpha value is -0.770. The van der Waals surface area contributed by atoms with Gasteiger partial charge in [-0.2, -0.15) is 0 Å². The van der Waals surface area contributed by atoms with E-state index in [0.29, 0.717) is 6.04 Å². The Labute approximate surface area is 133 Å². The van der Waals surface area contributed by atoms with E-state index in [0.717, 1.165) is 31.3 Å². The molecule has 1 aliphatic rings. The monoisotopic (exact) mass is 310 g/mol. The van der Waals surface area contributed by atoms with Crippen molar-refractivity contribution in [2.75, 3.05) is 31.7 Å². The SMILES string of the molecule is CCC1CCCCN1c1cccc(Cl)c1CNCCOC. The Balaban J connectivity index is 2.15. The zero-order valence-electron chi connectivity index (χ0n) is 13.2. The molecule has 4 heteroatoms. The van der Waals surface area contributed by atoms with Gasteiger partial charge in [0.15, 0.2) is 0 Å². The van der Waals surface area contributed by atoms with Crippen LogP contribution in [0.1, 0.15) is 38.2 Å². The second-order valence-corrected chi connectivity index (χ2v) is 6.07. The van der Waals surface area contributed by atoms with E-state index in [-0.39, 0.29) is 0 Å². The molecular weight excluding hydrogens is 284 g/mol. The number of hydrogen-bond donors (Lipinski definition) is 1. The van der Waals surface area contributed by atoms with Crippen LogP contribution in [-0.4, -0.2) is 32.8 Å². The first-order valence-corrected chi connectivity index (χ1v) is 8.39. The van der Waals surface area contributed by atoms with Gasteiger partial charge < -0.3 is 15.0 Å². The van der Waals surface area contributed by atoms with E-state index < -0.39 is 0 Å². The fraction of sp³-hybridized carbons (Fsp3) is 0.647. The second-order valence-electron chi connectivity index (χ2n) is 5.66. The molecule has 1 aromatic carbocycles. The van der Waals surface area contributed by atoms with Crippen molar-refractivity contribution in [2.24, 2.45) is 0 Å². The van der Waals surface area contributed by atoms with Crippen LogP contribution >= 0.6 is 11.6 Å². The highest BCUT2D eigenvalue weighted by molar-refractivity contribution is 6.31. The quantitative estimate of drug-likeness (QED) is 0.774. The minimum atomic E-state index is 0.648. The van der Waals surface area contributed by atoms with Crippen molar-refractivity contribution in [1.29, 1.82) is 0 Å². The van der Waals surface area contributed by atoms with Crippen LogP contribution in [0.15, 0.2) is 18.2 Å². The average molecular weight is 311 g/mol. The lowest BCUT2D eigenvalue weighted by Crippen LogP contribution is -2.40. The molecule has 0 aliphatic carbocycles. The van der Waals surface area contributed by atoms with Crippen molar-refractivity contribution >= 4 is 17.3 Å². The van der Waals surface area contributed by atoms with Crippen LogP contribution in [0.5, 0.6) is 0 Å². The lowest BCUT2D eigenvalue weighted by atomic mass is 9.98. The minimum Gasteiger partial charge on any atom is -0.383 e. The summed E-state index contributed by atoms with van der Waals surface area (Å²) in [6, 6.07) is 6.92. The van der Waals surface area contributed by atoms with E-state index >= 15 is 0 Å². The van der Waals surface area contributed by atoms with Gasteiger partial charge in [0.1, 0.15) is 0 Å². The molecule has 0 bridgehead atoms. The van der Waals surface area contributed by atoms with Crippen molar-refractivity contribution in [1.82, 2.24) is 5.32 Å². The fourth-order valence-corrected chi connectivity index (χ4v) is 3.36. The number of piperidine rings is 1. The Morgan fingerprint density at radius 2 is 2.24 bits per heavy atom. The van der Waals surface area contributed by atoms with Gasteiger partial charge in [-0.05, 0) is 37.8 Å². The summed E-state index contributed by atoms with van der Waals surface area (Å²) in [4.78, 5) is 2.56. The van der Waals surface area contributed by atoms with Gasteiger partial charge in [-0.25, -0.2) is 0 Å². The molecule has 0 saturated carbocycles. The van der Waals surface area contributed by atoms with Crippen molar-refractivity contribution in [3.8, 4) is 0 Å². The number of nitrogens with one attached hydrogen (secondary N) is 1. The van der Waals surface area contributed by atoms with Crippen molar-refractivity contribution in [3.05, 3.63) is 28.8 Å². The third-order valence-electron chi connectivity index (χ3n) is 4.29. The maximum absolute atomic E-state index is 6.45. The van der Waals surface area contributed by atoms with Crippen molar-refractivity contribution in [3.63, 3.8) is 0 Å². The molecule has 1 unspecified atom stereocenters. The van der Waals surface area contributed by atoms with E-state index in [1.165, 1.54) is 36.9 Å². The standard InChI is InChI=1S/C17H27ClN2O/c1-3-14-7-4-5-11-20(14)17-9-6-8-16(18)15(17)13-19-10-12-21-2/h6,8-9,14,19H,3-5,7,10-13H2,1-2H3. The number of anilines is 1. The van der Waals surface area contributed by atoms with E-state index in [1.807, 2.05) is 6.07 Å². The van der Waals surface area contributed by atoms with Gasteiger partial charge in [0.25, 0.3) is 0 Å². The second kappa shape index (κ2) is 8.62. The number of nitrogens with zero attached hydrogens (tertiary/aromatic N) is 1. The maximum atomic E-state index is 6.45. The van der Waals surface area contributed by atoms with Crippen LogP contribution in [0.25, 0.3) is 0 Å². The van der Waals surface area contributed by atoms with Gasteiger partial charge in [-0.3, -0.25) is 0 Å². The normalized spacial score (nSPS) is 19.0. The molecule has 3 nitrogen and oxygen atoms in total. The van der Waals surface area contributed by atoms with Crippen LogP contribution in [0.3, 0.4) is 0 Å². The Kier molecular flexibility index (Phi) is 6.81. The van der Waals surface area contributed by atoms with Gasteiger partial charge in [0.05, 0.1) is 6.61 Å². The van der Waals surface area contributed by atoms with Crippen molar-refractivity contribution < 1.29 is 4.74 Å². The summed E-state index contributed by atoms with van der Waals surface area (Å²) in [5.74, 6) is 0. The molecule has 118 valence electrons. The summed E-state index contributed by atoms with van der Waals surface area (Å²) < 4.78 is 5.09. The van der Waals surface area contributed by atoms with Crippen LogP contribution in [0.2, 0.25) is 5.02 Å². The number of hydrogen-bond acceptors (Lipinski definition) is 3. The van der Waals surface area contributed by atoms with Crippen LogP contribution in [0.4, 0.5) is 5.69 Å². The zero-order valence-corrected chi connectivity index (χ0v) is 14.0. The average Bonchev–Trinajstić information content (AvgIpc) is 2.52. The topological polar surface area (TPSA) is 24.5 Å². The lowest BCUT2D eigenvalue weighted by Gasteiger charge is -2.38. The van der Waals surface area contributed by atoms with Crippen LogP contribution in [-0.2, 0) is 11.3 Å². The number of halogens is 1. The molecule has 1 aliphatic heterocycles. The first-order valence-electron chi connectivity index (χ1n) is 8.01. The predicted octanol–water partition coefficient (Wildman–Crippen LogP) is 3.84. The Morgan fingerprint density at radius 1 is 1.38 bits per heavy atom. The Morgan fingerprint density at radius 3 is 3.00 bits per heavy atom. The smallest absolute Gasteiger partial charge is 0.0587 e.